The van der Waals surface area contributed by atoms with Gasteiger partial charge in [-0.15, -0.1) is 0 Å². The maximum atomic E-state index is 12.9. The molecule has 8 heteroatoms. The number of benzene rings is 3. The number of amides is 1. The van der Waals surface area contributed by atoms with Crippen LogP contribution < -0.4 is 14.8 Å². The smallest absolute Gasteiger partial charge is 0.259 e. The summed E-state index contributed by atoms with van der Waals surface area (Å²) in [6.45, 7) is 3.94. The molecule has 0 atom stereocenters. The maximum absolute atomic E-state index is 12.9. The van der Waals surface area contributed by atoms with Crippen LogP contribution in [0, 0.1) is 0 Å². The Bertz CT molecular complexity index is 1160. The summed E-state index contributed by atoms with van der Waals surface area (Å²) in [6, 6.07) is 21.0. The van der Waals surface area contributed by atoms with Crippen molar-refractivity contribution in [2.75, 3.05) is 11.9 Å². The first-order valence-electron chi connectivity index (χ1n) is 10.1. The van der Waals surface area contributed by atoms with E-state index >= 15 is 0 Å². The van der Waals surface area contributed by atoms with Crippen molar-refractivity contribution in [1.82, 2.24) is 4.72 Å². The zero-order valence-electron chi connectivity index (χ0n) is 17.8. The van der Waals surface area contributed by atoms with E-state index in [1.54, 1.807) is 38.1 Å². The Morgan fingerprint density at radius 2 is 1.69 bits per heavy atom. The Balaban J connectivity index is 1.70. The third-order valence-electron chi connectivity index (χ3n) is 4.49. The van der Waals surface area contributed by atoms with Crippen LogP contribution in [-0.2, 0) is 16.4 Å². The summed E-state index contributed by atoms with van der Waals surface area (Å²) >= 11 is 3.40. The van der Waals surface area contributed by atoms with Crippen LogP contribution in [-0.4, -0.2) is 27.0 Å². The lowest BCUT2D eigenvalue weighted by Crippen LogP contribution is -2.30. The van der Waals surface area contributed by atoms with Gasteiger partial charge in [-0.05, 0) is 61.9 Å². The number of halogens is 1. The summed E-state index contributed by atoms with van der Waals surface area (Å²) in [7, 11) is -3.59. The van der Waals surface area contributed by atoms with Crippen LogP contribution in [0.3, 0.4) is 0 Å². The number of anilines is 1. The van der Waals surface area contributed by atoms with Crippen LogP contribution in [0.2, 0.25) is 0 Å². The highest BCUT2D eigenvalue weighted by Crippen LogP contribution is 2.25. The molecule has 0 aliphatic carbocycles. The quantitative estimate of drug-likeness (QED) is 0.418. The van der Waals surface area contributed by atoms with Crippen LogP contribution in [0.15, 0.2) is 82.2 Å². The molecule has 0 aromatic heterocycles. The van der Waals surface area contributed by atoms with E-state index in [2.05, 4.69) is 26.0 Å². The molecule has 6 nitrogen and oxygen atoms in total. The lowest BCUT2D eigenvalue weighted by atomic mass is 10.1. The summed E-state index contributed by atoms with van der Waals surface area (Å²) < 4.78 is 33.7. The number of carbonyl (C=O) groups excluding carboxylic acids is 1. The minimum Gasteiger partial charge on any atom is -0.492 e. The monoisotopic (exact) mass is 516 g/mol. The van der Waals surface area contributed by atoms with Gasteiger partial charge in [0.1, 0.15) is 5.75 Å². The molecule has 1 amide bonds. The number of hydrogen-bond donors (Lipinski definition) is 2. The highest BCUT2D eigenvalue weighted by Gasteiger charge is 2.17. The topological polar surface area (TPSA) is 84.5 Å². The molecular weight excluding hydrogens is 492 g/mol. The standard InChI is InChI=1S/C24H25BrN2O4S/c1-17(2)27-32(29,30)21-11-9-20(10-12-21)26-24(28)22-16-19(25)8-13-23(22)31-15-14-18-6-4-3-5-7-18/h3-13,16-17,27H,14-15H2,1-2H3,(H,26,28). The van der Waals surface area contributed by atoms with E-state index < -0.39 is 10.0 Å². The first kappa shape index (κ1) is 24.0. The van der Waals surface area contributed by atoms with Crippen LogP contribution in [0.4, 0.5) is 5.69 Å². The van der Waals surface area contributed by atoms with Crippen LogP contribution in [0.5, 0.6) is 5.75 Å². The van der Waals surface area contributed by atoms with Crippen molar-refractivity contribution >= 4 is 37.5 Å². The fraction of sp³-hybridized carbons (Fsp3) is 0.208. The molecule has 2 N–H and O–H groups in total. The van der Waals surface area contributed by atoms with E-state index in [-0.39, 0.29) is 16.8 Å². The molecule has 3 aromatic rings. The minimum atomic E-state index is -3.59. The van der Waals surface area contributed by atoms with Crippen LogP contribution in [0.25, 0.3) is 0 Å². The molecule has 0 heterocycles. The average Bonchev–Trinajstić information content (AvgIpc) is 2.75. The molecule has 0 aliphatic heterocycles. The first-order valence-corrected chi connectivity index (χ1v) is 12.4. The van der Waals surface area contributed by atoms with Crippen molar-refractivity contribution in [2.24, 2.45) is 0 Å². The van der Waals surface area contributed by atoms with Gasteiger partial charge < -0.3 is 10.1 Å². The number of sulfonamides is 1. The summed E-state index contributed by atoms with van der Waals surface area (Å²) in [6.07, 6.45) is 0.721. The van der Waals surface area contributed by atoms with E-state index in [0.29, 0.717) is 23.6 Å². The van der Waals surface area contributed by atoms with Gasteiger partial charge in [0, 0.05) is 22.6 Å². The molecule has 0 unspecified atom stereocenters. The Kier molecular flexibility index (Phi) is 8.06. The summed E-state index contributed by atoms with van der Waals surface area (Å²) in [5, 5.41) is 2.80. The molecule has 32 heavy (non-hydrogen) atoms. The second-order valence-electron chi connectivity index (χ2n) is 7.48. The highest BCUT2D eigenvalue weighted by atomic mass is 79.9. The number of ether oxygens (including phenoxy) is 1. The van der Waals surface area contributed by atoms with Gasteiger partial charge in [0.05, 0.1) is 17.1 Å². The van der Waals surface area contributed by atoms with E-state index in [9.17, 15) is 13.2 Å². The van der Waals surface area contributed by atoms with Crippen molar-refractivity contribution in [2.45, 2.75) is 31.2 Å². The molecule has 3 rings (SSSR count). The molecule has 0 bridgehead atoms. The van der Waals surface area contributed by atoms with E-state index in [0.717, 1.165) is 16.5 Å². The Labute approximate surface area is 197 Å². The third-order valence-corrected chi connectivity index (χ3v) is 6.66. The largest absolute Gasteiger partial charge is 0.492 e. The molecule has 0 radical (unpaired) electrons. The Hall–Kier alpha value is -2.68. The number of rotatable bonds is 9. The molecule has 0 fully saturated rings. The zero-order valence-corrected chi connectivity index (χ0v) is 20.2. The zero-order chi connectivity index (χ0) is 23.1. The van der Waals surface area contributed by atoms with Crippen molar-refractivity contribution in [3.05, 3.63) is 88.4 Å². The Morgan fingerprint density at radius 1 is 1.00 bits per heavy atom. The van der Waals surface area contributed by atoms with Gasteiger partial charge in [-0.1, -0.05) is 46.3 Å². The average molecular weight is 517 g/mol. The molecule has 0 saturated heterocycles. The van der Waals surface area contributed by atoms with Gasteiger partial charge in [0.2, 0.25) is 10.0 Å². The molecule has 0 spiro atoms. The van der Waals surface area contributed by atoms with Crippen LogP contribution in [0.1, 0.15) is 29.8 Å². The first-order chi connectivity index (χ1) is 15.2. The van der Waals surface area contributed by atoms with Crippen LogP contribution >= 0.6 is 15.9 Å². The normalized spacial score (nSPS) is 11.4. The van der Waals surface area contributed by atoms with E-state index in [1.165, 1.54) is 12.1 Å². The predicted molar refractivity (Wildman–Crippen MR) is 130 cm³/mol. The predicted octanol–water partition coefficient (Wildman–Crippen LogP) is 5.01. The molecule has 168 valence electrons. The second-order valence-corrected chi connectivity index (χ2v) is 10.1. The fourth-order valence-electron chi connectivity index (χ4n) is 3.02. The van der Waals surface area contributed by atoms with Gasteiger partial charge in [-0.2, -0.15) is 0 Å². The third kappa shape index (κ3) is 6.66. The lowest BCUT2D eigenvalue weighted by molar-refractivity contribution is 0.102. The molecule has 3 aromatic carbocycles. The van der Waals surface area contributed by atoms with Gasteiger partial charge in [0.15, 0.2) is 0 Å². The fourth-order valence-corrected chi connectivity index (χ4v) is 4.64. The van der Waals surface area contributed by atoms with Gasteiger partial charge >= 0.3 is 0 Å². The maximum Gasteiger partial charge on any atom is 0.259 e. The number of nitrogens with one attached hydrogen (secondary N) is 2. The van der Waals surface area contributed by atoms with Gasteiger partial charge in [-0.25, -0.2) is 13.1 Å². The summed E-state index contributed by atoms with van der Waals surface area (Å²) in [5.74, 6) is 0.124. The van der Waals surface area contributed by atoms with Gasteiger partial charge in [0.25, 0.3) is 5.91 Å². The number of hydrogen-bond acceptors (Lipinski definition) is 4. The Morgan fingerprint density at radius 3 is 2.34 bits per heavy atom. The molecular formula is C24H25BrN2O4S. The van der Waals surface area contributed by atoms with E-state index in [1.807, 2.05) is 36.4 Å². The van der Waals surface area contributed by atoms with Crippen molar-refractivity contribution in [3.63, 3.8) is 0 Å². The highest BCUT2D eigenvalue weighted by molar-refractivity contribution is 9.10. The second kappa shape index (κ2) is 10.8. The molecule has 0 aliphatic rings. The minimum absolute atomic E-state index is 0.136. The summed E-state index contributed by atoms with van der Waals surface area (Å²) in [5.41, 5.74) is 2.01. The molecule has 0 saturated carbocycles. The van der Waals surface area contributed by atoms with E-state index in [4.69, 9.17) is 4.74 Å². The van der Waals surface area contributed by atoms with Gasteiger partial charge in [-0.3, -0.25) is 4.79 Å². The van der Waals surface area contributed by atoms with Crippen molar-refractivity contribution in [1.29, 1.82) is 0 Å². The lowest BCUT2D eigenvalue weighted by Gasteiger charge is -2.13. The summed E-state index contributed by atoms with van der Waals surface area (Å²) in [4.78, 5) is 13.0. The SMILES string of the molecule is CC(C)NS(=O)(=O)c1ccc(NC(=O)c2cc(Br)ccc2OCCc2ccccc2)cc1. The number of carbonyl (C=O) groups is 1. The van der Waals surface area contributed by atoms with Crippen molar-refractivity contribution < 1.29 is 17.9 Å². The van der Waals surface area contributed by atoms with Crippen molar-refractivity contribution in [3.8, 4) is 5.75 Å².